The maximum atomic E-state index is 12.6. The molecule has 0 aliphatic carbocycles. The van der Waals surface area contributed by atoms with Crippen LogP contribution >= 0.6 is 0 Å². The number of nitriles is 1. The van der Waals surface area contributed by atoms with Crippen LogP contribution in [0, 0.1) is 17.2 Å². The molecule has 0 saturated heterocycles. The van der Waals surface area contributed by atoms with Crippen molar-refractivity contribution in [2.45, 2.75) is 39.5 Å². The summed E-state index contributed by atoms with van der Waals surface area (Å²) in [7, 11) is 0. The van der Waals surface area contributed by atoms with Crippen LogP contribution in [0.1, 0.15) is 45.1 Å². The number of hydrogen-bond donors (Lipinski definition) is 0. The summed E-state index contributed by atoms with van der Waals surface area (Å²) in [4.78, 5) is 14.4. The normalized spacial score (nSPS) is 13.3. The van der Waals surface area contributed by atoms with Crippen LogP contribution in [0.15, 0.2) is 30.3 Å². The average molecular weight is 272 g/mol. The Balaban J connectivity index is 2.89. The van der Waals surface area contributed by atoms with Gasteiger partial charge in [-0.1, -0.05) is 51.1 Å². The number of carbonyl (C=O) groups is 1. The molecule has 3 nitrogen and oxygen atoms in total. The summed E-state index contributed by atoms with van der Waals surface area (Å²) >= 11 is 0. The summed E-state index contributed by atoms with van der Waals surface area (Å²) in [6.07, 6.45) is 1.84. The first kappa shape index (κ1) is 16.2. The number of nitrogens with zero attached hydrogens (tertiary/aromatic N) is 2. The predicted molar refractivity (Wildman–Crippen MR) is 81.1 cm³/mol. The molecule has 0 bridgehead atoms. The van der Waals surface area contributed by atoms with Gasteiger partial charge in [-0.05, 0) is 18.4 Å². The molecule has 0 fully saturated rings. The maximum absolute atomic E-state index is 12.6. The van der Waals surface area contributed by atoms with Gasteiger partial charge in [-0.2, -0.15) is 5.26 Å². The Labute approximate surface area is 122 Å². The van der Waals surface area contributed by atoms with Gasteiger partial charge in [-0.15, -0.1) is 0 Å². The van der Waals surface area contributed by atoms with E-state index in [2.05, 4.69) is 19.9 Å². The van der Waals surface area contributed by atoms with Gasteiger partial charge in [0, 0.05) is 19.0 Å². The van der Waals surface area contributed by atoms with Gasteiger partial charge >= 0.3 is 0 Å². The van der Waals surface area contributed by atoms with Gasteiger partial charge in [-0.3, -0.25) is 4.79 Å². The van der Waals surface area contributed by atoms with Crippen molar-refractivity contribution in [1.29, 1.82) is 5.26 Å². The Morgan fingerprint density at radius 2 is 1.75 bits per heavy atom. The second-order valence-electron chi connectivity index (χ2n) is 5.13. The standard InChI is InChI=1S/C17H24N2O/c1-4-11-19(12-5-2)17(20)16(13-18)14(3)15-9-7-6-8-10-15/h6-10,14,16H,4-5,11-12H2,1-3H3. The summed E-state index contributed by atoms with van der Waals surface area (Å²) < 4.78 is 0. The zero-order valence-electron chi connectivity index (χ0n) is 12.7. The topological polar surface area (TPSA) is 44.1 Å². The monoisotopic (exact) mass is 272 g/mol. The fourth-order valence-electron chi connectivity index (χ4n) is 2.40. The maximum Gasteiger partial charge on any atom is 0.240 e. The van der Waals surface area contributed by atoms with Gasteiger partial charge < -0.3 is 4.90 Å². The van der Waals surface area contributed by atoms with E-state index >= 15 is 0 Å². The number of hydrogen-bond acceptors (Lipinski definition) is 2. The molecule has 1 aromatic carbocycles. The zero-order valence-corrected chi connectivity index (χ0v) is 12.7. The van der Waals surface area contributed by atoms with Crippen molar-refractivity contribution in [1.82, 2.24) is 4.90 Å². The molecule has 3 heteroatoms. The third-order valence-corrected chi connectivity index (χ3v) is 3.53. The van der Waals surface area contributed by atoms with Gasteiger partial charge in [0.1, 0.15) is 5.92 Å². The van der Waals surface area contributed by atoms with Gasteiger partial charge in [0.15, 0.2) is 0 Å². The minimum atomic E-state index is -0.601. The summed E-state index contributed by atoms with van der Waals surface area (Å²) in [6.45, 7) is 7.52. The highest BCUT2D eigenvalue weighted by Gasteiger charge is 2.29. The number of carbonyl (C=O) groups excluding carboxylic acids is 1. The minimum Gasteiger partial charge on any atom is -0.342 e. The van der Waals surface area contributed by atoms with Gasteiger partial charge in [-0.25, -0.2) is 0 Å². The van der Waals surface area contributed by atoms with Crippen molar-refractivity contribution in [2.75, 3.05) is 13.1 Å². The van der Waals surface area contributed by atoms with Crippen molar-refractivity contribution in [3.63, 3.8) is 0 Å². The van der Waals surface area contributed by atoms with E-state index in [9.17, 15) is 10.1 Å². The molecular weight excluding hydrogens is 248 g/mol. The zero-order chi connectivity index (χ0) is 15.0. The molecule has 0 aliphatic rings. The van der Waals surface area contributed by atoms with Crippen LogP contribution in [0.5, 0.6) is 0 Å². The lowest BCUT2D eigenvalue weighted by Gasteiger charge is -2.26. The Bertz CT molecular complexity index is 444. The summed E-state index contributed by atoms with van der Waals surface area (Å²) in [6, 6.07) is 12.0. The van der Waals surface area contributed by atoms with Gasteiger partial charge in [0.05, 0.1) is 6.07 Å². The van der Waals surface area contributed by atoms with Crippen LogP contribution in [0.25, 0.3) is 0 Å². The molecule has 1 aromatic rings. The van der Waals surface area contributed by atoms with E-state index < -0.39 is 5.92 Å². The second kappa shape index (κ2) is 8.37. The molecule has 0 heterocycles. The molecule has 2 atom stereocenters. The predicted octanol–water partition coefficient (Wildman–Crippen LogP) is 3.58. The van der Waals surface area contributed by atoms with Crippen molar-refractivity contribution in [3.05, 3.63) is 35.9 Å². The van der Waals surface area contributed by atoms with Crippen molar-refractivity contribution >= 4 is 5.91 Å². The average Bonchev–Trinajstić information content (AvgIpc) is 2.48. The Morgan fingerprint density at radius 1 is 1.20 bits per heavy atom. The highest BCUT2D eigenvalue weighted by atomic mass is 16.2. The highest BCUT2D eigenvalue weighted by Crippen LogP contribution is 2.25. The summed E-state index contributed by atoms with van der Waals surface area (Å²) in [5.74, 6) is -0.715. The Hall–Kier alpha value is -1.82. The first-order valence-corrected chi connectivity index (χ1v) is 7.39. The molecule has 108 valence electrons. The van der Waals surface area contributed by atoms with Crippen LogP contribution in [0.2, 0.25) is 0 Å². The highest BCUT2D eigenvalue weighted by molar-refractivity contribution is 5.82. The third-order valence-electron chi connectivity index (χ3n) is 3.53. The lowest BCUT2D eigenvalue weighted by atomic mass is 9.87. The first-order valence-electron chi connectivity index (χ1n) is 7.39. The fourth-order valence-corrected chi connectivity index (χ4v) is 2.40. The molecule has 1 rings (SSSR count). The van der Waals surface area contributed by atoms with Gasteiger partial charge in [0.25, 0.3) is 0 Å². The Kier molecular flexibility index (Phi) is 6.79. The lowest BCUT2D eigenvalue weighted by Crippen LogP contribution is -2.38. The molecular formula is C17H24N2O. The first-order chi connectivity index (χ1) is 9.65. The number of amides is 1. The molecule has 0 spiro atoms. The van der Waals surface area contributed by atoms with Crippen molar-refractivity contribution in [3.8, 4) is 6.07 Å². The molecule has 0 N–H and O–H groups in total. The van der Waals surface area contributed by atoms with Crippen LogP contribution in [-0.4, -0.2) is 23.9 Å². The second-order valence-corrected chi connectivity index (χ2v) is 5.13. The molecule has 0 aliphatic heterocycles. The van der Waals surface area contributed by atoms with E-state index in [-0.39, 0.29) is 11.8 Å². The van der Waals surface area contributed by atoms with E-state index in [0.717, 1.165) is 31.5 Å². The SMILES string of the molecule is CCCN(CCC)C(=O)C(C#N)C(C)c1ccccc1. The molecule has 0 radical (unpaired) electrons. The summed E-state index contributed by atoms with van der Waals surface area (Å²) in [5, 5.41) is 9.42. The van der Waals surface area contributed by atoms with E-state index in [1.54, 1.807) is 0 Å². The summed E-state index contributed by atoms with van der Waals surface area (Å²) in [5.41, 5.74) is 1.04. The van der Waals surface area contributed by atoms with Gasteiger partial charge in [0.2, 0.25) is 5.91 Å². The van der Waals surface area contributed by atoms with E-state index in [0.29, 0.717) is 0 Å². The van der Waals surface area contributed by atoms with E-state index in [1.807, 2.05) is 42.2 Å². The Morgan fingerprint density at radius 3 is 2.20 bits per heavy atom. The van der Waals surface area contributed by atoms with Crippen LogP contribution in [0.4, 0.5) is 0 Å². The van der Waals surface area contributed by atoms with Crippen molar-refractivity contribution in [2.24, 2.45) is 5.92 Å². The minimum absolute atomic E-state index is 0.0347. The largest absolute Gasteiger partial charge is 0.342 e. The van der Waals surface area contributed by atoms with E-state index in [1.165, 1.54) is 0 Å². The lowest BCUT2D eigenvalue weighted by molar-refractivity contribution is -0.134. The number of benzene rings is 1. The van der Waals surface area contributed by atoms with Crippen LogP contribution < -0.4 is 0 Å². The number of rotatable bonds is 7. The smallest absolute Gasteiger partial charge is 0.240 e. The van der Waals surface area contributed by atoms with Crippen LogP contribution in [-0.2, 0) is 4.79 Å². The molecule has 0 aromatic heterocycles. The molecule has 2 unspecified atom stereocenters. The molecule has 20 heavy (non-hydrogen) atoms. The fraction of sp³-hybridized carbons (Fsp3) is 0.529. The quantitative estimate of drug-likeness (QED) is 0.761. The van der Waals surface area contributed by atoms with Crippen LogP contribution in [0.3, 0.4) is 0 Å². The van der Waals surface area contributed by atoms with E-state index in [4.69, 9.17) is 0 Å². The van der Waals surface area contributed by atoms with Crippen molar-refractivity contribution < 1.29 is 4.79 Å². The molecule has 0 saturated carbocycles. The molecule has 1 amide bonds. The third kappa shape index (κ3) is 4.09.